The second-order valence-corrected chi connectivity index (χ2v) is 7.84. The summed E-state index contributed by atoms with van der Waals surface area (Å²) in [5.74, 6) is -0.397. The summed E-state index contributed by atoms with van der Waals surface area (Å²) >= 11 is 0. The van der Waals surface area contributed by atoms with Gasteiger partial charge in [0.1, 0.15) is 11.6 Å². The van der Waals surface area contributed by atoms with Crippen molar-refractivity contribution >= 4 is 5.91 Å². The van der Waals surface area contributed by atoms with Crippen LogP contribution in [0.15, 0.2) is 42.5 Å². The summed E-state index contributed by atoms with van der Waals surface area (Å²) in [5.41, 5.74) is 1.91. The molecule has 2 N–H and O–H groups in total. The van der Waals surface area contributed by atoms with Crippen LogP contribution in [0, 0.1) is 18.7 Å². The predicted molar refractivity (Wildman–Crippen MR) is 110 cm³/mol. The lowest BCUT2D eigenvalue weighted by Gasteiger charge is -2.32. The van der Waals surface area contributed by atoms with E-state index < -0.39 is 12.7 Å². The first-order chi connectivity index (χ1) is 14.8. The van der Waals surface area contributed by atoms with Gasteiger partial charge in [0.05, 0.1) is 6.10 Å². The maximum atomic E-state index is 13.6. The van der Waals surface area contributed by atoms with Gasteiger partial charge in [-0.1, -0.05) is 24.3 Å². The Morgan fingerprint density at radius 3 is 2.48 bits per heavy atom. The van der Waals surface area contributed by atoms with E-state index >= 15 is 0 Å². The smallest absolute Gasteiger partial charge is 0.387 e. The molecule has 1 unspecified atom stereocenters. The SMILES string of the molecule is Cc1ccc(CNC(=O)C2CCN(CC(O)c3ccc(OC(F)F)cc3)CC2)cc1F. The summed E-state index contributed by atoms with van der Waals surface area (Å²) in [6.07, 6.45) is 0.576. The molecule has 2 aromatic carbocycles. The largest absolute Gasteiger partial charge is 0.435 e. The topological polar surface area (TPSA) is 61.8 Å². The number of aryl methyl sites for hydroxylation is 1. The van der Waals surface area contributed by atoms with E-state index in [1.165, 1.54) is 18.2 Å². The summed E-state index contributed by atoms with van der Waals surface area (Å²) in [5, 5.41) is 13.3. The Kier molecular flexibility index (Phi) is 7.92. The maximum Gasteiger partial charge on any atom is 0.387 e. The van der Waals surface area contributed by atoms with E-state index in [0.29, 0.717) is 50.1 Å². The number of carbonyl (C=O) groups is 1. The van der Waals surface area contributed by atoms with Crippen molar-refractivity contribution in [2.75, 3.05) is 19.6 Å². The first-order valence-corrected chi connectivity index (χ1v) is 10.3. The number of carbonyl (C=O) groups excluding carboxylic acids is 1. The number of nitrogens with zero attached hydrogens (tertiary/aromatic N) is 1. The Bertz CT molecular complexity index is 869. The van der Waals surface area contributed by atoms with Crippen LogP contribution in [-0.4, -0.2) is 42.2 Å². The number of halogens is 3. The summed E-state index contributed by atoms with van der Waals surface area (Å²) in [4.78, 5) is 14.5. The van der Waals surface area contributed by atoms with E-state index in [1.54, 1.807) is 31.2 Å². The fraction of sp³-hybridized carbons (Fsp3) is 0.435. The molecule has 1 fully saturated rings. The van der Waals surface area contributed by atoms with Crippen molar-refractivity contribution < 1.29 is 27.8 Å². The van der Waals surface area contributed by atoms with Gasteiger partial charge in [-0.2, -0.15) is 8.78 Å². The normalized spacial score (nSPS) is 16.3. The third-order valence-electron chi connectivity index (χ3n) is 5.58. The number of hydrogen-bond acceptors (Lipinski definition) is 4. The zero-order valence-corrected chi connectivity index (χ0v) is 17.4. The number of aliphatic hydroxyl groups excluding tert-OH is 1. The third kappa shape index (κ3) is 6.70. The lowest BCUT2D eigenvalue weighted by atomic mass is 9.95. The first kappa shape index (κ1) is 23.1. The Labute approximate surface area is 179 Å². The molecule has 1 atom stereocenters. The molecule has 8 heteroatoms. The van der Waals surface area contributed by atoms with Crippen molar-refractivity contribution in [2.24, 2.45) is 5.92 Å². The Morgan fingerprint density at radius 1 is 1.19 bits per heavy atom. The van der Waals surface area contributed by atoms with E-state index in [-0.39, 0.29) is 23.4 Å². The number of ether oxygens (including phenoxy) is 1. The monoisotopic (exact) mass is 436 g/mol. The first-order valence-electron chi connectivity index (χ1n) is 10.3. The van der Waals surface area contributed by atoms with Crippen LogP contribution < -0.4 is 10.1 Å². The number of likely N-dealkylation sites (tertiary alicyclic amines) is 1. The van der Waals surface area contributed by atoms with Gasteiger partial charge in [0.25, 0.3) is 0 Å². The molecule has 5 nitrogen and oxygen atoms in total. The van der Waals surface area contributed by atoms with Crippen molar-refractivity contribution in [3.05, 3.63) is 65.0 Å². The number of aliphatic hydroxyl groups is 1. The highest BCUT2D eigenvalue weighted by Gasteiger charge is 2.26. The van der Waals surface area contributed by atoms with Gasteiger partial charge in [-0.15, -0.1) is 0 Å². The lowest BCUT2D eigenvalue weighted by Crippen LogP contribution is -2.41. The number of benzene rings is 2. The van der Waals surface area contributed by atoms with Gasteiger partial charge in [-0.3, -0.25) is 4.79 Å². The molecule has 0 spiro atoms. The second-order valence-electron chi connectivity index (χ2n) is 7.84. The number of alkyl halides is 2. The zero-order chi connectivity index (χ0) is 22.4. The molecule has 0 radical (unpaired) electrons. The van der Waals surface area contributed by atoms with Crippen molar-refractivity contribution in [3.63, 3.8) is 0 Å². The molecule has 1 aliphatic heterocycles. The number of β-amino-alcohol motifs (C(OH)–C–C–N with tert-alkyl or cyclic N) is 1. The molecule has 1 saturated heterocycles. The van der Waals surface area contributed by atoms with Crippen LogP contribution in [0.4, 0.5) is 13.2 Å². The summed E-state index contributed by atoms with van der Waals surface area (Å²) in [6, 6.07) is 10.9. The quantitative estimate of drug-likeness (QED) is 0.661. The van der Waals surface area contributed by atoms with Gasteiger partial charge in [0.15, 0.2) is 0 Å². The molecule has 0 bridgehead atoms. The molecule has 1 aliphatic rings. The minimum absolute atomic E-state index is 0.0456. The van der Waals surface area contributed by atoms with Crippen LogP contribution in [0.5, 0.6) is 5.75 Å². The average molecular weight is 436 g/mol. The van der Waals surface area contributed by atoms with Crippen LogP contribution in [0.2, 0.25) is 0 Å². The molecule has 0 aromatic heterocycles. The number of rotatable bonds is 8. The highest BCUT2D eigenvalue weighted by Crippen LogP contribution is 2.23. The van der Waals surface area contributed by atoms with Crippen LogP contribution >= 0.6 is 0 Å². The van der Waals surface area contributed by atoms with E-state index in [9.17, 15) is 23.1 Å². The van der Waals surface area contributed by atoms with Crippen LogP contribution in [-0.2, 0) is 11.3 Å². The molecule has 168 valence electrons. The van der Waals surface area contributed by atoms with E-state index in [4.69, 9.17) is 0 Å². The molecule has 0 aliphatic carbocycles. The fourth-order valence-electron chi connectivity index (χ4n) is 3.68. The van der Waals surface area contributed by atoms with Crippen molar-refractivity contribution in [3.8, 4) is 5.75 Å². The molecular formula is C23H27F3N2O3. The average Bonchev–Trinajstić information content (AvgIpc) is 2.75. The number of amides is 1. The summed E-state index contributed by atoms with van der Waals surface area (Å²) in [6.45, 7) is 0.834. The number of hydrogen-bond donors (Lipinski definition) is 2. The Morgan fingerprint density at radius 2 is 1.87 bits per heavy atom. The van der Waals surface area contributed by atoms with E-state index in [2.05, 4.69) is 15.0 Å². The van der Waals surface area contributed by atoms with Crippen molar-refractivity contribution in [1.82, 2.24) is 10.2 Å². The van der Waals surface area contributed by atoms with Gasteiger partial charge in [-0.05, 0) is 67.7 Å². The standard InChI is InChI=1S/C23H27F3N2O3/c1-15-2-3-16(12-20(15)24)13-27-22(30)18-8-10-28(11-9-18)14-21(29)17-4-6-19(7-5-17)31-23(25)26/h2-7,12,18,21,23,29H,8-11,13-14H2,1H3,(H,27,30). The maximum absolute atomic E-state index is 13.6. The Hall–Kier alpha value is -2.58. The number of piperidine rings is 1. The van der Waals surface area contributed by atoms with Gasteiger partial charge in [-0.25, -0.2) is 4.39 Å². The van der Waals surface area contributed by atoms with Crippen LogP contribution in [0.3, 0.4) is 0 Å². The summed E-state index contributed by atoms with van der Waals surface area (Å²) in [7, 11) is 0. The van der Waals surface area contributed by atoms with Crippen LogP contribution in [0.25, 0.3) is 0 Å². The van der Waals surface area contributed by atoms with Crippen molar-refractivity contribution in [2.45, 2.75) is 39.0 Å². The van der Waals surface area contributed by atoms with Gasteiger partial charge in [0, 0.05) is 19.0 Å². The second kappa shape index (κ2) is 10.6. The molecular weight excluding hydrogens is 409 g/mol. The van der Waals surface area contributed by atoms with Gasteiger partial charge < -0.3 is 20.1 Å². The van der Waals surface area contributed by atoms with Crippen molar-refractivity contribution in [1.29, 1.82) is 0 Å². The minimum atomic E-state index is -2.88. The van der Waals surface area contributed by atoms with E-state index in [1.807, 2.05) is 0 Å². The molecule has 3 rings (SSSR count). The molecule has 2 aromatic rings. The van der Waals surface area contributed by atoms with Crippen LogP contribution in [0.1, 0.15) is 35.6 Å². The summed E-state index contributed by atoms with van der Waals surface area (Å²) < 4.78 is 42.4. The third-order valence-corrected chi connectivity index (χ3v) is 5.58. The fourth-order valence-corrected chi connectivity index (χ4v) is 3.68. The van der Waals surface area contributed by atoms with Gasteiger partial charge >= 0.3 is 6.61 Å². The predicted octanol–water partition coefficient (Wildman–Crippen LogP) is 3.80. The number of nitrogens with one attached hydrogen (secondary N) is 1. The highest BCUT2D eigenvalue weighted by molar-refractivity contribution is 5.78. The Balaban J connectivity index is 1.42. The van der Waals surface area contributed by atoms with E-state index in [0.717, 1.165) is 5.56 Å². The lowest BCUT2D eigenvalue weighted by molar-refractivity contribution is -0.126. The highest BCUT2D eigenvalue weighted by atomic mass is 19.3. The minimum Gasteiger partial charge on any atom is -0.435 e. The molecule has 1 amide bonds. The molecule has 31 heavy (non-hydrogen) atoms. The molecule has 1 heterocycles. The molecule has 0 saturated carbocycles. The zero-order valence-electron chi connectivity index (χ0n) is 17.4. The van der Waals surface area contributed by atoms with Gasteiger partial charge in [0.2, 0.25) is 5.91 Å².